The van der Waals surface area contributed by atoms with Crippen LogP contribution < -0.4 is 11.2 Å². The van der Waals surface area contributed by atoms with E-state index in [0.717, 1.165) is 10.1 Å². The summed E-state index contributed by atoms with van der Waals surface area (Å²) in [6.45, 7) is -0.512. The fraction of sp³-hybridized carbons (Fsp3) is 0.455. The molecule has 0 radical (unpaired) electrons. The van der Waals surface area contributed by atoms with Crippen molar-refractivity contribution in [3.8, 4) is 0 Å². The number of nitrogens with zero attached hydrogens (tertiary/aromatic N) is 2. The first-order chi connectivity index (χ1) is 10.0. The highest BCUT2D eigenvalue weighted by molar-refractivity contribution is 6.27. The van der Waals surface area contributed by atoms with E-state index in [2.05, 4.69) is 4.98 Å². The maximum Gasteiger partial charge on any atom is 0.351 e. The molecular formula is C11H14ClN3O6. The molecule has 1 aromatic rings. The predicted molar refractivity (Wildman–Crippen MR) is 71.8 cm³/mol. The van der Waals surface area contributed by atoms with E-state index in [1.165, 1.54) is 12.3 Å². The topological polar surface area (TPSA) is 137 Å². The Morgan fingerprint density at radius 2 is 2.19 bits per heavy atom. The van der Waals surface area contributed by atoms with Gasteiger partial charge in [0, 0.05) is 17.3 Å². The molecule has 2 rings (SSSR count). The van der Waals surface area contributed by atoms with E-state index in [-0.39, 0.29) is 11.4 Å². The highest BCUT2D eigenvalue weighted by Gasteiger charge is 2.43. The van der Waals surface area contributed by atoms with Gasteiger partial charge in [0.25, 0.3) is 0 Å². The van der Waals surface area contributed by atoms with Crippen molar-refractivity contribution in [2.75, 3.05) is 12.1 Å². The van der Waals surface area contributed by atoms with Gasteiger partial charge in [0.05, 0.1) is 6.61 Å². The molecule has 1 aliphatic rings. The molecule has 2 heterocycles. The summed E-state index contributed by atoms with van der Waals surface area (Å²) < 4.78 is 6.18. The van der Waals surface area contributed by atoms with Gasteiger partial charge < -0.3 is 20.1 Å². The number of aliphatic hydroxyl groups excluding tert-OH is 3. The van der Waals surface area contributed by atoms with Crippen LogP contribution in [0.25, 0.3) is 6.08 Å². The monoisotopic (exact) mass is 319 g/mol. The van der Waals surface area contributed by atoms with Crippen molar-refractivity contribution < 1.29 is 25.3 Å². The van der Waals surface area contributed by atoms with Crippen LogP contribution in [0.2, 0.25) is 0 Å². The average Bonchev–Trinajstić information content (AvgIpc) is 2.76. The quantitative estimate of drug-likeness (QED) is 0.439. The van der Waals surface area contributed by atoms with E-state index < -0.39 is 36.8 Å². The van der Waals surface area contributed by atoms with Crippen LogP contribution in [0.1, 0.15) is 11.8 Å². The molecule has 0 amide bonds. The molecule has 0 saturated carbocycles. The molecule has 9 nitrogen and oxygen atoms in total. The first kappa shape index (κ1) is 15.9. The van der Waals surface area contributed by atoms with Gasteiger partial charge in [-0.25, -0.2) is 4.79 Å². The standard InChI is InChI=1S/C11H14ClN3O6/c12-2-1-5-3-15(11(19)13-9(5)14-20)10-8(18)7(17)6(4-16)21-10/h1-3,6-8,10,16-18,20H,4H2,(H,13,14,19)/t6-,7-,8-,10-/m1/s1. The third-order valence-corrected chi connectivity index (χ3v) is 3.25. The third-order valence-electron chi connectivity index (χ3n) is 3.12. The van der Waals surface area contributed by atoms with E-state index in [0.29, 0.717) is 0 Å². The number of nitrogens with one attached hydrogen (secondary N) is 1. The Morgan fingerprint density at radius 3 is 2.71 bits per heavy atom. The van der Waals surface area contributed by atoms with Crippen LogP contribution in [0.5, 0.6) is 0 Å². The zero-order valence-corrected chi connectivity index (χ0v) is 11.4. The summed E-state index contributed by atoms with van der Waals surface area (Å²) in [5.74, 6) is -0.125. The van der Waals surface area contributed by atoms with Crippen LogP contribution in [-0.2, 0) is 4.74 Å². The second-order valence-electron chi connectivity index (χ2n) is 4.37. The maximum atomic E-state index is 11.9. The fourth-order valence-electron chi connectivity index (χ4n) is 2.06. The van der Waals surface area contributed by atoms with Crippen molar-refractivity contribution in [1.29, 1.82) is 0 Å². The van der Waals surface area contributed by atoms with Crippen LogP contribution in [0.15, 0.2) is 16.5 Å². The number of anilines is 1. The number of hydrogen-bond acceptors (Lipinski definition) is 8. The van der Waals surface area contributed by atoms with Crippen molar-refractivity contribution >= 4 is 23.5 Å². The van der Waals surface area contributed by atoms with E-state index >= 15 is 0 Å². The van der Waals surface area contributed by atoms with Crippen LogP contribution in [0, 0.1) is 0 Å². The zero-order valence-electron chi connectivity index (χ0n) is 10.6. The minimum Gasteiger partial charge on any atom is -0.394 e. The number of aliphatic hydroxyl groups is 3. The highest BCUT2D eigenvalue weighted by Crippen LogP contribution is 2.28. The second kappa shape index (κ2) is 6.52. The van der Waals surface area contributed by atoms with Crippen LogP contribution in [0.3, 0.4) is 0 Å². The smallest absolute Gasteiger partial charge is 0.351 e. The number of halogens is 1. The van der Waals surface area contributed by atoms with Gasteiger partial charge in [-0.15, -0.1) is 0 Å². The highest BCUT2D eigenvalue weighted by atomic mass is 35.5. The molecule has 0 aliphatic carbocycles. The Bertz CT molecular complexity index is 592. The van der Waals surface area contributed by atoms with E-state index in [1.54, 1.807) is 5.48 Å². The number of hydrogen-bond donors (Lipinski definition) is 5. The van der Waals surface area contributed by atoms with Gasteiger partial charge >= 0.3 is 5.69 Å². The number of rotatable bonds is 4. The fourth-order valence-corrected chi connectivity index (χ4v) is 2.19. The Hall–Kier alpha value is -1.49. The van der Waals surface area contributed by atoms with E-state index in [1.807, 2.05) is 0 Å². The molecule has 21 heavy (non-hydrogen) atoms. The van der Waals surface area contributed by atoms with Crippen LogP contribution in [-0.4, -0.2) is 55.0 Å². The third kappa shape index (κ3) is 2.93. The molecular weight excluding hydrogens is 306 g/mol. The summed E-state index contributed by atoms with van der Waals surface area (Å²) in [6.07, 6.45) is -2.39. The SMILES string of the molecule is O=c1nc(NO)c(C=CCl)cn1[C@@H]1O[C@H](CO)[C@@H](O)[C@H]1O. The van der Waals surface area contributed by atoms with Crippen molar-refractivity contribution in [3.63, 3.8) is 0 Å². The van der Waals surface area contributed by atoms with Gasteiger partial charge in [0.1, 0.15) is 18.3 Å². The second-order valence-corrected chi connectivity index (χ2v) is 4.62. The first-order valence-corrected chi connectivity index (χ1v) is 6.39. The molecule has 1 aliphatic heterocycles. The van der Waals surface area contributed by atoms with Gasteiger partial charge in [-0.05, 0) is 6.08 Å². The molecule has 10 heteroatoms. The number of ether oxygens (including phenoxy) is 1. The molecule has 116 valence electrons. The van der Waals surface area contributed by atoms with Crippen LogP contribution in [0.4, 0.5) is 5.82 Å². The minimum atomic E-state index is -1.41. The minimum absolute atomic E-state index is 0.125. The normalized spacial score (nSPS) is 29.2. The molecule has 5 N–H and O–H groups in total. The maximum absolute atomic E-state index is 11.9. The largest absolute Gasteiger partial charge is 0.394 e. The van der Waals surface area contributed by atoms with Gasteiger partial charge in [0.15, 0.2) is 12.0 Å². The average molecular weight is 320 g/mol. The van der Waals surface area contributed by atoms with Gasteiger partial charge in [0.2, 0.25) is 0 Å². The summed E-state index contributed by atoms with van der Waals surface area (Å²) >= 11 is 5.46. The lowest BCUT2D eigenvalue weighted by atomic mass is 10.1. The zero-order chi connectivity index (χ0) is 15.6. The molecule has 4 atom stereocenters. The molecule has 1 aromatic heterocycles. The van der Waals surface area contributed by atoms with Gasteiger partial charge in [-0.1, -0.05) is 11.6 Å². The Labute approximate surface area is 123 Å². The summed E-state index contributed by atoms with van der Waals surface area (Å²) in [5, 5.41) is 37.5. The molecule has 0 aromatic carbocycles. The Morgan fingerprint density at radius 1 is 1.48 bits per heavy atom. The Kier molecular flexibility index (Phi) is 4.93. The van der Waals surface area contributed by atoms with Crippen molar-refractivity contribution in [2.24, 2.45) is 0 Å². The van der Waals surface area contributed by atoms with Crippen molar-refractivity contribution in [2.45, 2.75) is 24.5 Å². The van der Waals surface area contributed by atoms with Gasteiger partial charge in [-0.3, -0.25) is 15.3 Å². The van der Waals surface area contributed by atoms with Gasteiger partial charge in [-0.2, -0.15) is 4.98 Å². The summed E-state index contributed by atoms with van der Waals surface area (Å²) in [7, 11) is 0. The first-order valence-electron chi connectivity index (χ1n) is 5.96. The Balaban J connectivity index is 2.45. The molecule has 0 bridgehead atoms. The summed E-state index contributed by atoms with van der Waals surface area (Å²) in [4.78, 5) is 15.5. The van der Waals surface area contributed by atoms with E-state index in [9.17, 15) is 15.0 Å². The number of aromatic nitrogens is 2. The lowest BCUT2D eigenvalue weighted by Gasteiger charge is -2.18. The summed E-state index contributed by atoms with van der Waals surface area (Å²) in [5.41, 5.74) is 2.32. The lowest BCUT2D eigenvalue weighted by Crippen LogP contribution is -2.36. The molecule has 1 fully saturated rings. The molecule has 0 spiro atoms. The lowest BCUT2D eigenvalue weighted by molar-refractivity contribution is -0.0549. The van der Waals surface area contributed by atoms with Crippen molar-refractivity contribution in [3.05, 3.63) is 27.8 Å². The van der Waals surface area contributed by atoms with Crippen LogP contribution >= 0.6 is 11.6 Å². The summed E-state index contributed by atoms with van der Waals surface area (Å²) in [6, 6.07) is 0. The van der Waals surface area contributed by atoms with E-state index in [4.69, 9.17) is 26.7 Å². The molecule has 1 saturated heterocycles. The predicted octanol–water partition coefficient (Wildman–Crippen LogP) is -1.13. The molecule has 0 unspecified atom stereocenters. The van der Waals surface area contributed by atoms with Crippen molar-refractivity contribution in [1.82, 2.24) is 9.55 Å².